The van der Waals surface area contributed by atoms with Crippen LogP contribution < -0.4 is 11.3 Å². The standard InChI is InChI=1S/C15H22N5O9P/c1-9(4-20-5-17-12-13(20)18-15(16)19-14(12)23)27-8-30(24,28-6-25-10(2)21)29-7-26-11(3)22/h5,9H,4,6-8H2,1-3H3,(H3,16,18,19,23)/t9-/m1/s1. The number of fused-ring (bicyclic) bond motifs is 1. The molecule has 0 aliphatic heterocycles. The molecule has 0 unspecified atom stereocenters. The Kier molecular flexibility index (Phi) is 8.06. The van der Waals surface area contributed by atoms with Gasteiger partial charge in [0.25, 0.3) is 5.56 Å². The van der Waals surface area contributed by atoms with Crippen LogP contribution in [-0.2, 0) is 44.0 Å². The first kappa shape index (κ1) is 23.5. The number of hydrogen-bond acceptors (Lipinski definition) is 12. The molecule has 2 heterocycles. The number of aromatic nitrogens is 4. The van der Waals surface area contributed by atoms with Crippen molar-refractivity contribution >= 4 is 36.6 Å². The van der Waals surface area contributed by atoms with E-state index in [1.54, 1.807) is 6.92 Å². The minimum atomic E-state index is -3.93. The van der Waals surface area contributed by atoms with Crippen LogP contribution in [0.5, 0.6) is 0 Å². The quantitative estimate of drug-likeness (QED) is 0.273. The minimum Gasteiger partial charge on any atom is -0.438 e. The summed E-state index contributed by atoms with van der Waals surface area (Å²) < 4.78 is 38.9. The monoisotopic (exact) mass is 447 g/mol. The zero-order valence-corrected chi connectivity index (χ0v) is 17.4. The van der Waals surface area contributed by atoms with Crippen LogP contribution in [0.15, 0.2) is 11.1 Å². The number of esters is 2. The molecule has 3 N–H and O–H groups in total. The third-order valence-corrected chi connectivity index (χ3v) is 4.95. The summed E-state index contributed by atoms with van der Waals surface area (Å²) in [5.74, 6) is -1.36. The van der Waals surface area contributed by atoms with E-state index in [2.05, 4.69) is 24.4 Å². The average molecular weight is 447 g/mol. The molecule has 2 aromatic rings. The van der Waals surface area contributed by atoms with Gasteiger partial charge < -0.3 is 24.5 Å². The lowest BCUT2D eigenvalue weighted by Crippen LogP contribution is -2.20. The number of H-pyrrole nitrogens is 1. The maximum atomic E-state index is 12.7. The number of imidazole rings is 1. The summed E-state index contributed by atoms with van der Waals surface area (Å²) in [6.07, 6.45) is 0.298. The van der Waals surface area contributed by atoms with Crippen molar-refractivity contribution in [2.45, 2.75) is 33.4 Å². The summed E-state index contributed by atoms with van der Waals surface area (Å²) in [6, 6.07) is 0. The van der Waals surface area contributed by atoms with Crippen molar-refractivity contribution in [1.29, 1.82) is 0 Å². The molecule has 15 heteroatoms. The van der Waals surface area contributed by atoms with E-state index in [1.807, 2.05) is 0 Å². The average Bonchev–Trinajstić information content (AvgIpc) is 3.02. The van der Waals surface area contributed by atoms with Gasteiger partial charge in [-0.2, -0.15) is 4.98 Å². The molecule has 0 spiro atoms. The second kappa shape index (κ2) is 10.3. The van der Waals surface area contributed by atoms with E-state index in [4.69, 9.17) is 19.5 Å². The second-order valence-corrected chi connectivity index (χ2v) is 8.00. The molecule has 2 aromatic heterocycles. The second-order valence-electron chi connectivity index (χ2n) is 6.00. The fourth-order valence-corrected chi connectivity index (χ4v) is 3.23. The Morgan fingerprint density at radius 2 is 1.83 bits per heavy atom. The highest BCUT2D eigenvalue weighted by molar-refractivity contribution is 7.53. The molecular formula is C15H22N5O9P. The van der Waals surface area contributed by atoms with Gasteiger partial charge in [-0.1, -0.05) is 0 Å². The first-order valence-electron chi connectivity index (χ1n) is 8.56. The molecule has 0 saturated carbocycles. The number of nitrogen functional groups attached to an aromatic ring is 1. The number of rotatable bonds is 11. The number of nitrogens with one attached hydrogen (secondary N) is 1. The number of aromatic amines is 1. The van der Waals surface area contributed by atoms with Crippen molar-refractivity contribution in [3.05, 3.63) is 16.7 Å². The third kappa shape index (κ3) is 6.91. The Hall–Kier alpha value is -2.80. The predicted octanol–water partition coefficient (Wildman–Crippen LogP) is 0.332. The van der Waals surface area contributed by atoms with Crippen molar-refractivity contribution < 1.29 is 37.4 Å². The molecule has 0 fully saturated rings. The van der Waals surface area contributed by atoms with Gasteiger partial charge in [-0.05, 0) is 6.92 Å². The van der Waals surface area contributed by atoms with Crippen LogP contribution in [0, 0.1) is 0 Å². The van der Waals surface area contributed by atoms with Crippen LogP contribution in [-0.4, -0.2) is 57.5 Å². The molecule has 166 valence electrons. The van der Waals surface area contributed by atoms with Gasteiger partial charge in [0.1, 0.15) is 6.35 Å². The van der Waals surface area contributed by atoms with E-state index in [1.165, 1.54) is 10.9 Å². The SMILES string of the molecule is CC(=O)OCOP(=O)(CO[C@H](C)Cn1cnc2c(=O)[nH]c(N)nc21)OCOC(C)=O. The Bertz CT molecular complexity index is 980. The normalized spacial score (nSPS) is 12.6. The topological polar surface area (TPSA) is 187 Å². The molecule has 0 bridgehead atoms. The molecule has 0 aromatic carbocycles. The van der Waals surface area contributed by atoms with Gasteiger partial charge in [0, 0.05) is 13.8 Å². The van der Waals surface area contributed by atoms with Crippen LogP contribution in [0.4, 0.5) is 5.95 Å². The largest absolute Gasteiger partial charge is 0.438 e. The molecule has 2 rings (SSSR count). The number of nitrogens with two attached hydrogens (primary N) is 1. The molecule has 14 nitrogen and oxygen atoms in total. The zero-order chi connectivity index (χ0) is 22.3. The fourth-order valence-electron chi connectivity index (χ4n) is 2.14. The number of nitrogens with zero attached hydrogens (tertiary/aromatic N) is 3. The van der Waals surface area contributed by atoms with Crippen LogP contribution in [0.1, 0.15) is 20.8 Å². The highest BCUT2D eigenvalue weighted by Crippen LogP contribution is 2.48. The van der Waals surface area contributed by atoms with Gasteiger partial charge in [-0.3, -0.25) is 33.0 Å². The van der Waals surface area contributed by atoms with Gasteiger partial charge in [-0.15, -0.1) is 0 Å². The third-order valence-electron chi connectivity index (χ3n) is 3.49. The molecule has 0 saturated heterocycles. The first-order valence-corrected chi connectivity index (χ1v) is 10.3. The molecular weight excluding hydrogens is 425 g/mol. The minimum absolute atomic E-state index is 0.0648. The van der Waals surface area contributed by atoms with E-state index < -0.39 is 51.1 Å². The number of carbonyl (C=O) groups is 2. The Balaban J connectivity index is 2.01. The Morgan fingerprint density at radius 3 is 2.40 bits per heavy atom. The van der Waals surface area contributed by atoms with Crippen LogP contribution in [0.2, 0.25) is 0 Å². The maximum Gasteiger partial charge on any atom is 0.361 e. The first-order chi connectivity index (χ1) is 14.1. The van der Waals surface area contributed by atoms with Gasteiger partial charge in [-0.25, -0.2) is 4.98 Å². The number of ether oxygens (including phenoxy) is 3. The molecule has 0 radical (unpaired) electrons. The maximum absolute atomic E-state index is 12.7. The molecule has 0 aliphatic rings. The van der Waals surface area contributed by atoms with E-state index in [0.717, 1.165) is 13.8 Å². The van der Waals surface area contributed by atoms with E-state index in [-0.39, 0.29) is 23.7 Å². The van der Waals surface area contributed by atoms with Crippen molar-refractivity contribution in [3.8, 4) is 0 Å². The number of anilines is 1. The van der Waals surface area contributed by atoms with E-state index >= 15 is 0 Å². The van der Waals surface area contributed by atoms with Crippen LogP contribution in [0.3, 0.4) is 0 Å². The van der Waals surface area contributed by atoms with Gasteiger partial charge in [0.15, 0.2) is 11.2 Å². The molecule has 1 atom stereocenters. The highest BCUT2D eigenvalue weighted by atomic mass is 31.2. The van der Waals surface area contributed by atoms with Crippen LogP contribution in [0.25, 0.3) is 11.2 Å². The summed E-state index contributed by atoms with van der Waals surface area (Å²) >= 11 is 0. The number of carbonyl (C=O) groups excluding carboxylic acids is 2. The summed E-state index contributed by atoms with van der Waals surface area (Å²) in [5.41, 5.74) is 5.44. The molecule has 0 amide bonds. The van der Waals surface area contributed by atoms with Gasteiger partial charge >= 0.3 is 19.5 Å². The van der Waals surface area contributed by atoms with Crippen molar-refractivity contribution in [1.82, 2.24) is 19.5 Å². The highest BCUT2D eigenvalue weighted by Gasteiger charge is 2.28. The van der Waals surface area contributed by atoms with Gasteiger partial charge in [0.2, 0.25) is 19.5 Å². The predicted molar refractivity (Wildman–Crippen MR) is 101 cm³/mol. The van der Waals surface area contributed by atoms with Gasteiger partial charge in [0.05, 0.1) is 19.0 Å². The van der Waals surface area contributed by atoms with Crippen molar-refractivity contribution in [3.63, 3.8) is 0 Å². The zero-order valence-electron chi connectivity index (χ0n) is 16.5. The summed E-state index contributed by atoms with van der Waals surface area (Å²) in [4.78, 5) is 43.9. The van der Waals surface area contributed by atoms with Crippen molar-refractivity contribution in [2.75, 3.05) is 25.7 Å². The van der Waals surface area contributed by atoms with Crippen molar-refractivity contribution in [2.24, 2.45) is 0 Å². The lowest BCUT2D eigenvalue weighted by Gasteiger charge is -2.20. The fraction of sp³-hybridized carbons (Fsp3) is 0.533. The Labute approximate surface area is 170 Å². The Morgan fingerprint density at radius 1 is 1.23 bits per heavy atom. The van der Waals surface area contributed by atoms with E-state index in [0.29, 0.717) is 0 Å². The summed E-state index contributed by atoms with van der Waals surface area (Å²) in [5, 5.41) is 0. The van der Waals surface area contributed by atoms with E-state index in [9.17, 15) is 18.9 Å². The lowest BCUT2D eigenvalue weighted by molar-refractivity contribution is -0.149. The summed E-state index contributed by atoms with van der Waals surface area (Å²) in [6.45, 7) is 2.86. The summed E-state index contributed by atoms with van der Waals surface area (Å²) in [7, 11) is -3.93. The lowest BCUT2D eigenvalue weighted by atomic mass is 10.4. The molecule has 30 heavy (non-hydrogen) atoms. The molecule has 0 aliphatic carbocycles. The van der Waals surface area contributed by atoms with Crippen LogP contribution >= 0.6 is 7.60 Å². The smallest absolute Gasteiger partial charge is 0.361 e. The number of hydrogen-bond donors (Lipinski definition) is 2.